The summed E-state index contributed by atoms with van der Waals surface area (Å²) in [6, 6.07) is 0. The van der Waals surface area contributed by atoms with E-state index in [0.717, 1.165) is 79.7 Å². The van der Waals surface area contributed by atoms with Gasteiger partial charge in [-0.3, -0.25) is 4.79 Å². The summed E-state index contributed by atoms with van der Waals surface area (Å²) in [7, 11) is 3.84. The molecule has 2 atom stereocenters. The second kappa shape index (κ2) is 11.3. The molecular weight excluding hydrogens is 360 g/mol. The van der Waals surface area contributed by atoms with Gasteiger partial charge in [-0.2, -0.15) is 0 Å². The number of ketones is 1. The number of carbonyl (C=O) groups is 1. The first kappa shape index (κ1) is 23.3. The van der Waals surface area contributed by atoms with Gasteiger partial charge in [-0.05, 0) is 82.1 Å². The van der Waals surface area contributed by atoms with Crippen molar-refractivity contribution in [3.8, 4) is 0 Å². The van der Waals surface area contributed by atoms with Crippen LogP contribution in [0.25, 0.3) is 0 Å². The molecule has 160 valence electrons. The van der Waals surface area contributed by atoms with Crippen molar-refractivity contribution in [2.75, 3.05) is 20.7 Å². The minimum Gasteiger partial charge on any atom is -0.381 e. The van der Waals surface area contributed by atoms with Crippen LogP contribution in [0.5, 0.6) is 0 Å². The zero-order chi connectivity index (χ0) is 21.4. The van der Waals surface area contributed by atoms with Crippen LogP contribution in [0.2, 0.25) is 0 Å². The van der Waals surface area contributed by atoms with Gasteiger partial charge < -0.3 is 9.64 Å². The van der Waals surface area contributed by atoms with Crippen molar-refractivity contribution in [1.29, 1.82) is 0 Å². The molecule has 0 bridgehead atoms. The number of piperidine rings is 1. The van der Waals surface area contributed by atoms with Crippen molar-refractivity contribution in [2.45, 2.75) is 71.8 Å². The first-order valence-corrected chi connectivity index (χ1v) is 10.9. The van der Waals surface area contributed by atoms with E-state index >= 15 is 0 Å². The summed E-state index contributed by atoms with van der Waals surface area (Å²) < 4.78 is 5.50. The zero-order valence-electron chi connectivity index (χ0n) is 19.0. The summed E-state index contributed by atoms with van der Waals surface area (Å²) in [5.41, 5.74) is 3.88. The molecule has 0 spiro atoms. The Labute approximate surface area is 177 Å². The van der Waals surface area contributed by atoms with Crippen molar-refractivity contribution in [3.05, 3.63) is 47.2 Å². The molecule has 2 aliphatic rings. The van der Waals surface area contributed by atoms with Gasteiger partial charge >= 0.3 is 0 Å². The maximum Gasteiger partial charge on any atom is 0.161 e. The number of Topliss-reactive ketones (excluding diaryl/α,β-unsaturated/α-hetero) is 1. The predicted octanol–water partition coefficient (Wildman–Crippen LogP) is 5.63. The zero-order valence-corrected chi connectivity index (χ0v) is 19.0. The Hall–Kier alpha value is -1.94. The lowest BCUT2D eigenvalue weighted by Gasteiger charge is -2.28. The smallest absolute Gasteiger partial charge is 0.161 e. The van der Waals surface area contributed by atoms with Crippen molar-refractivity contribution in [2.24, 2.45) is 10.9 Å². The molecule has 1 aliphatic carbocycles. The van der Waals surface area contributed by atoms with E-state index in [1.807, 2.05) is 26.0 Å². The molecule has 4 nitrogen and oxygen atoms in total. The molecule has 0 radical (unpaired) electrons. The third-order valence-corrected chi connectivity index (χ3v) is 6.21. The molecular formula is C25H38N2O2. The fourth-order valence-corrected chi connectivity index (χ4v) is 4.07. The van der Waals surface area contributed by atoms with Crippen LogP contribution in [-0.4, -0.2) is 43.3 Å². The van der Waals surface area contributed by atoms with E-state index in [-0.39, 0.29) is 11.7 Å². The molecule has 2 unspecified atom stereocenters. The van der Waals surface area contributed by atoms with E-state index in [9.17, 15) is 4.79 Å². The fourth-order valence-electron chi connectivity index (χ4n) is 4.07. The molecule has 1 heterocycles. The highest BCUT2D eigenvalue weighted by Crippen LogP contribution is 2.27. The molecule has 29 heavy (non-hydrogen) atoms. The number of rotatable bonds is 6. The van der Waals surface area contributed by atoms with Crippen LogP contribution >= 0.6 is 0 Å². The number of hydrogen-bond acceptors (Lipinski definition) is 3. The minimum atomic E-state index is 0.113. The molecule has 2 rings (SSSR count). The summed E-state index contributed by atoms with van der Waals surface area (Å²) >= 11 is 0. The monoisotopic (exact) mass is 398 g/mol. The van der Waals surface area contributed by atoms with Crippen molar-refractivity contribution in [1.82, 2.24) is 4.90 Å². The summed E-state index contributed by atoms with van der Waals surface area (Å²) in [4.78, 5) is 20.1. The topological polar surface area (TPSA) is 41.9 Å². The predicted molar refractivity (Wildman–Crippen MR) is 122 cm³/mol. The Bertz CT molecular complexity index is 727. The highest BCUT2D eigenvalue weighted by molar-refractivity contribution is 5.99. The van der Waals surface area contributed by atoms with Gasteiger partial charge in [0.1, 0.15) is 5.84 Å². The largest absolute Gasteiger partial charge is 0.381 e. The number of carbonyl (C=O) groups excluding carboxylic acids is 1. The number of ether oxygens (including phenoxy) is 1. The Morgan fingerprint density at radius 1 is 1.14 bits per heavy atom. The molecule has 0 aromatic rings. The Morgan fingerprint density at radius 3 is 2.55 bits per heavy atom. The normalized spacial score (nSPS) is 26.7. The van der Waals surface area contributed by atoms with Gasteiger partial charge in [0.15, 0.2) is 5.78 Å². The second-order valence-corrected chi connectivity index (χ2v) is 8.36. The van der Waals surface area contributed by atoms with Crippen LogP contribution in [0.15, 0.2) is 52.2 Å². The van der Waals surface area contributed by atoms with Gasteiger partial charge in [0.25, 0.3) is 0 Å². The lowest BCUT2D eigenvalue weighted by molar-refractivity contribution is -0.119. The molecule has 2 fully saturated rings. The standard InChI is InChI=1S/C25H38N2O2/c1-7-18(2)23(26-25-20(4)10-9-17-27(25)5)16-13-19(3)24(28)21-11-8-12-22(29-6)15-14-21/h7,13,16,21-22H,4,8-12,14-15,17H2,1-3,5-6H3/b18-7-,19-13+,23-16+,26-25?. The summed E-state index contributed by atoms with van der Waals surface area (Å²) in [5.74, 6) is 1.33. The Kier molecular flexibility index (Phi) is 9.09. The summed E-state index contributed by atoms with van der Waals surface area (Å²) in [6.45, 7) is 11.2. The number of likely N-dealkylation sites (N-methyl/N-ethyl adjacent to an activating group) is 1. The number of aliphatic imine (C=N–C) groups is 1. The third-order valence-electron chi connectivity index (χ3n) is 6.21. The number of nitrogens with zero attached hydrogens (tertiary/aromatic N) is 2. The third kappa shape index (κ3) is 6.53. The van der Waals surface area contributed by atoms with Crippen LogP contribution < -0.4 is 0 Å². The van der Waals surface area contributed by atoms with Crippen LogP contribution in [0.3, 0.4) is 0 Å². The van der Waals surface area contributed by atoms with Crippen molar-refractivity contribution < 1.29 is 9.53 Å². The number of hydrogen-bond donors (Lipinski definition) is 0. The van der Waals surface area contributed by atoms with Crippen LogP contribution in [-0.2, 0) is 9.53 Å². The van der Waals surface area contributed by atoms with Crippen molar-refractivity contribution in [3.63, 3.8) is 0 Å². The van der Waals surface area contributed by atoms with Crippen LogP contribution in [0.1, 0.15) is 65.7 Å². The maximum atomic E-state index is 13.0. The van der Waals surface area contributed by atoms with Gasteiger partial charge in [0, 0.05) is 26.6 Å². The SMILES string of the molecule is C=C1CCCN(C)C1=NC(=C/C=C(\C)C(=O)C1CCCC(OC)CC1)/C(C)=C\C. The van der Waals surface area contributed by atoms with Gasteiger partial charge in [-0.25, -0.2) is 4.99 Å². The number of likely N-dealkylation sites (tertiary alicyclic amines) is 1. The molecule has 1 aliphatic heterocycles. The summed E-state index contributed by atoms with van der Waals surface area (Å²) in [6.07, 6.45) is 13.4. The van der Waals surface area contributed by atoms with Gasteiger partial charge in [-0.15, -0.1) is 0 Å². The first-order valence-electron chi connectivity index (χ1n) is 10.9. The quantitative estimate of drug-likeness (QED) is 0.331. The Morgan fingerprint density at radius 2 is 1.90 bits per heavy atom. The Balaban J connectivity index is 2.21. The number of allylic oxidation sites excluding steroid dienone is 5. The van der Waals surface area contributed by atoms with E-state index in [1.165, 1.54) is 0 Å². The van der Waals surface area contributed by atoms with Gasteiger partial charge in [-0.1, -0.05) is 25.2 Å². The molecule has 1 saturated carbocycles. The lowest BCUT2D eigenvalue weighted by Crippen LogP contribution is -2.33. The average molecular weight is 399 g/mol. The van der Waals surface area contributed by atoms with E-state index < -0.39 is 0 Å². The molecule has 0 aromatic carbocycles. The molecule has 0 N–H and O–H groups in total. The average Bonchev–Trinajstić information content (AvgIpc) is 2.97. The fraction of sp³-hybridized carbons (Fsp3) is 0.600. The van der Waals surface area contributed by atoms with Crippen LogP contribution in [0.4, 0.5) is 0 Å². The summed E-state index contributed by atoms with van der Waals surface area (Å²) in [5, 5.41) is 0. The second-order valence-electron chi connectivity index (χ2n) is 8.36. The highest BCUT2D eigenvalue weighted by atomic mass is 16.5. The number of methoxy groups -OCH3 is 1. The van der Waals surface area contributed by atoms with Crippen LogP contribution in [0, 0.1) is 5.92 Å². The maximum absolute atomic E-state index is 13.0. The van der Waals surface area contributed by atoms with Gasteiger partial charge in [0.05, 0.1) is 11.8 Å². The number of amidine groups is 1. The molecule has 1 saturated heterocycles. The van der Waals surface area contributed by atoms with E-state index in [1.54, 1.807) is 7.11 Å². The minimum absolute atomic E-state index is 0.113. The molecule has 0 amide bonds. The van der Waals surface area contributed by atoms with Crippen molar-refractivity contribution >= 4 is 11.6 Å². The van der Waals surface area contributed by atoms with E-state index in [0.29, 0.717) is 6.10 Å². The lowest BCUT2D eigenvalue weighted by atomic mass is 9.91. The van der Waals surface area contributed by atoms with Gasteiger partial charge in [0.2, 0.25) is 0 Å². The molecule has 0 aromatic heterocycles. The first-order chi connectivity index (χ1) is 13.9. The van der Waals surface area contributed by atoms with E-state index in [2.05, 4.69) is 31.5 Å². The van der Waals surface area contributed by atoms with E-state index in [4.69, 9.17) is 9.73 Å². The highest BCUT2D eigenvalue weighted by Gasteiger charge is 2.24. The molecule has 4 heteroatoms.